The Hall–Kier alpha value is -0.0800. The molecule has 0 aromatic carbocycles. The van der Waals surface area contributed by atoms with E-state index in [0.717, 1.165) is 0 Å². The predicted octanol–water partition coefficient (Wildman–Crippen LogP) is 2.02. The first kappa shape index (κ1) is 11.0. The fourth-order valence-corrected chi connectivity index (χ4v) is 2.48. The molecule has 13 heavy (non-hydrogen) atoms. The molecule has 1 atom stereocenters. The van der Waals surface area contributed by atoms with E-state index in [-0.39, 0.29) is 5.66 Å². The van der Waals surface area contributed by atoms with Gasteiger partial charge in [-0.05, 0) is 32.9 Å². The Labute approximate surface area is 82.9 Å². The molecule has 1 fully saturated rings. The average Bonchev–Trinajstić information content (AvgIpc) is 2.09. The summed E-state index contributed by atoms with van der Waals surface area (Å²) in [6.07, 6.45) is 1.31. The standard InChI is InChI=1S/C11H24N2/c1-6-13-9-7-8-12(5)11(13,4)10(2)3/h10H,6-9H2,1-5H3. The normalized spacial score (nSPS) is 32.8. The van der Waals surface area contributed by atoms with Crippen LogP contribution in [-0.4, -0.2) is 42.1 Å². The van der Waals surface area contributed by atoms with E-state index in [9.17, 15) is 0 Å². The third-order valence-electron chi connectivity index (χ3n) is 3.81. The number of nitrogens with zero attached hydrogens (tertiary/aromatic N) is 2. The minimum atomic E-state index is 0.271. The Bertz CT molecular complexity index is 167. The lowest BCUT2D eigenvalue weighted by Gasteiger charge is -2.53. The quantitative estimate of drug-likeness (QED) is 0.648. The van der Waals surface area contributed by atoms with Crippen molar-refractivity contribution in [3.8, 4) is 0 Å². The summed E-state index contributed by atoms with van der Waals surface area (Å²) in [7, 11) is 2.25. The van der Waals surface area contributed by atoms with Gasteiger partial charge in [0.25, 0.3) is 0 Å². The molecule has 0 spiro atoms. The molecule has 0 N–H and O–H groups in total. The highest BCUT2D eigenvalue weighted by Gasteiger charge is 2.40. The van der Waals surface area contributed by atoms with Crippen LogP contribution in [0.3, 0.4) is 0 Å². The van der Waals surface area contributed by atoms with Gasteiger partial charge in [-0.15, -0.1) is 0 Å². The lowest BCUT2D eigenvalue weighted by atomic mass is 9.91. The van der Waals surface area contributed by atoms with Gasteiger partial charge in [-0.1, -0.05) is 20.8 Å². The lowest BCUT2D eigenvalue weighted by Crippen LogP contribution is -2.64. The zero-order valence-electron chi connectivity index (χ0n) is 9.80. The highest BCUT2D eigenvalue weighted by Crippen LogP contribution is 2.30. The van der Waals surface area contributed by atoms with Crippen LogP contribution in [0, 0.1) is 5.92 Å². The molecule has 0 aromatic rings. The molecule has 2 heteroatoms. The van der Waals surface area contributed by atoms with Crippen LogP contribution in [0.1, 0.15) is 34.1 Å². The van der Waals surface area contributed by atoms with Crippen LogP contribution in [0.5, 0.6) is 0 Å². The van der Waals surface area contributed by atoms with Crippen LogP contribution in [0.4, 0.5) is 0 Å². The van der Waals surface area contributed by atoms with E-state index in [2.05, 4.69) is 44.5 Å². The molecule has 1 heterocycles. The zero-order chi connectivity index (χ0) is 10.1. The van der Waals surface area contributed by atoms with Gasteiger partial charge in [0.2, 0.25) is 0 Å². The van der Waals surface area contributed by atoms with E-state index < -0.39 is 0 Å². The monoisotopic (exact) mass is 184 g/mol. The number of rotatable bonds is 2. The fourth-order valence-electron chi connectivity index (χ4n) is 2.48. The summed E-state index contributed by atoms with van der Waals surface area (Å²) < 4.78 is 0. The van der Waals surface area contributed by atoms with E-state index in [1.165, 1.54) is 26.1 Å². The van der Waals surface area contributed by atoms with Crippen molar-refractivity contribution in [2.75, 3.05) is 26.7 Å². The number of hydrogen-bond acceptors (Lipinski definition) is 2. The van der Waals surface area contributed by atoms with Gasteiger partial charge in [0.1, 0.15) is 0 Å². The second kappa shape index (κ2) is 3.97. The largest absolute Gasteiger partial charge is 0.288 e. The third kappa shape index (κ3) is 1.75. The SMILES string of the molecule is CCN1CCCN(C)C1(C)C(C)C. The average molecular weight is 184 g/mol. The maximum atomic E-state index is 2.60. The summed E-state index contributed by atoms with van der Waals surface area (Å²) in [4.78, 5) is 5.10. The van der Waals surface area contributed by atoms with E-state index >= 15 is 0 Å². The minimum absolute atomic E-state index is 0.271. The first-order valence-corrected chi connectivity index (χ1v) is 5.49. The number of hydrogen-bond donors (Lipinski definition) is 0. The molecule has 2 nitrogen and oxygen atoms in total. The van der Waals surface area contributed by atoms with Crippen molar-refractivity contribution < 1.29 is 0 Å². The van der Waals surface area contributed by atoms with Gasteiger partial charge in [-0.3, -0.25) is 9.80 Å². The summed E-state index contributed by atoms with van der Waals surface area (Å²) in [5.41, 5.74) is 0.271. The van der Waals surface area contributed by atoms with Gasteiger partial charge in [-0.2, -0.15) is 0 Å². The predicted molar refractivity (Wildman–Crippen MR) is 57.7 cm³/mol. The second-order valence-corrected chi connectivity index (χ2v) is 4.60. The first-order chi connectivity index (χ1) is 6.03. The Balaban J connectivity index is 2.83. The molecule has 0 bridgehead atoms. The molecule has 0 aromatic heterocycles. The molecule has 1 aliphatic rings. The molecule has 78 valence electrons. The first-order valence-electron chi connectivity index (χ1n) is 5.49. The molecule has 0 saturated carbocycles. The fraction of sp³-hybridized carbons (Fsp3) is 1.00. The van der Waals surface area contributed by atoms with E-state index in [4.69, 9.17) is 0 Å². The molecule has 1 rings (SSSR count). The minimum Gasteiger partial charge on any atom is -0.288 e. The Kier molecular flexibility index (Phi) is 3.36. The van der Waals surface area contributed by atoms with E-state index in [1.54, 1.807) is 0 Å². The van der Waals surface area contributed by atoms with Crippen LogP contribution in [-0.2, 0) is 0 Å². The molecule has 1 saturated heterocycles. The van der Waals surface area contributed by atoms with Crippen LogP contribution in [0.25, 0.3) is 0 Å². The Morgan fingerprint density at radius 3 is 2.31 bits per heavy atom. The van der Waals surface area contributed by atoms with Crippen molar-refractivity contribution in [3.05, 3.63) is 0 Å². The molecule has 0 amide bonds. The summed E-state index contributed by atoms with van der Waals surface area (Å²) in [6.45, 7) is 13.0. The Morgan fingerprint density at radius 2 is 1.92 bits per heavy atom. The summed E-state index contributed by atoms with van der Waals surface area (Å²) >= 11 is 0. The van der Waals surface area contributed by atoms with Crippen LogP contribution in [0.2, 0.25) is 0 Å². The third-order valence-corrected chi connectivity index (χ3v) is 3.81. The molecule has 1 unspecified atom stereocenters. The smallest absolute Gasteiger partial charge is 0.0729 e. The van der Waals surface area contributed by atoms with E-state index in [1.807, 2.05) is 0 Å². The lowest BCUT2D eigenvalue weighted by molar-refractivity contribution is -0.0913. The highest BCUT2D eigenvalue weighted by molar-refractivity contribution is 4.90. The van der Waals surface area contributed by atoms with Gasteiger partial charge in [0.15, 0.2) is 0 Å². The summed E-state index contributed by atoms with van der Waals surface area (Å²) in [5, 5.41) is 0. The van der Waals surface area contributed by atoms with Gasteiger partial charge in [0.05, 0.1) is 5.66 Å². The van der Waals surface area contributed by atoms with Crippen LogP contribution < -0.4 is 0 Å². The second-order valence-electron chi connectivity index (χ2n) is 4.60. The van der Waals surface area contributed by atoms with Crippen molar-refractivity contribution in [1.29, 1.82) is 0 Å². The molecule has 1 aliphatic heterocycles. The topological polar surface area (TPSA) is 6.48 Å². The van der Waals surface area contributed by atoms with Crippen LogP contribution in [0.15, 0.2) is 0 Å². The van der Waals surface area contributed by atoms with Crippen molar-refractivity contribution in [1.82, 2.24) is 9.80 Å². The maximum absolute atomic E-state index is 2.60. The zero-order valence-corrected chi connectivity index (χ0v) is 9.80. The van der Waals surface area contributed by atoms with Gasteiger partial charge in [-0.25, -0.2) is 0 Å². The van der Waals surface area contributed by atoms with Gasteiger partial charge < -0.3 is 0 Å². The summed E-state index contributed by atoms with van der Waals surface area (Å²) in [6, 6.07) is 0. The maximum Gasteiger partial charge on any atom is 0.0729 e. The van der Waals surface area contributed by atoms with Crippen molar-refractivity contribution in [2.24, 2.45) is 5.92 Å². The van der Waals surface area contributed by atoms with Gasteiger partial charge >= 0.3 is 0 Å². The Morgan fingerprint density at radius 1 is 1.31 bits per heavy atom. The van der Waals surface area contributed by atoms with Gasteiger partial charge in [0, 0.05) is 13.1 Å². The molecular weight excluding hydrogens is 160 g/mol. The van der Waals surface area contributed by atoms with Crippen molar-refractivity contribution >= 4 is 0 Å². The van der Waals surface area contributed by atoms with Crippen molar-refractivity contribution in [2.45, 2.75) is 39.8 Å². The molecule has 0 aliphatic carbocycles. The van der Waals surface area contributed by atoms with Crippen molar-refractivity contribution in [3.63, 3.8) is 0 Å². The van der Waals surface area contributed by atoms with Crippen LogP contribution >= 0.6 is 0 Å². The summed E-state index contributed by atoms with van der Waals surface area (Å²) in [5.74, 6) is 0.692. The highest BCUT2D eigenvalue weighted by atomic mass is 15.4. The van der Waals surface area contributed by atoms with E-state index in [0.29, 0.717) is 5.92 Å². The molecular formula is C11H24N2. The molecule has 0 radical (unpaired) electrons.